The Bertz CT molecular complexity index is 1080. The molecule has 0 unspecified atom stereocenters. The first kappa shape index (κ1) is 18.7. The fourth-order valence-corrected chi connectivity index (χ4v) is 2.56. The Morgan fingerprint density at radius 3 is 2.75 bits per heavy atom. The normalized spacial score (nSPS) is 11.1. The molecule has 0 spiro atoms. The topological polar surface area (TPSA) is 116 Å². The lowest BCUT2D eigenvalue weighted by atomic mass is 10.0. The smallest absolute Gasteiger partial charge is 0.335 e. The highest BCUT2D eigenvalue weighted by molar-refractivity contribution is 6.01. The van der Waals surface area contributed by atoms with Crippen molar-refractivity contribution in [2.45, 2.75) is 13.5 Å². The van der Waals surface area contributed by atoms with Crippen LogP contribution in [-0.4, -0.2) is 17.0 Å². The molecule has 2 N–H and O–H groups in total. The van der Waals surface area contributed by atoms with Crippen molar-refractivity contribution < 1.29 is 23.5 Å². The Morgan fingerprint density at radius 2 is 2.07 bits per heavy atom. The number of nitrogens with zero attached hydrogens (tertiary/aromatic N) is 1. The first-order valence-electron chi connectivity index (χ1n) is 8.34. The van der Waals surface area contributed by atoms with E-state index in [4.69, 9.17) is 13.9 Å². The quantitative estimate of drug-likeness (QED) is 0.500. The summed E-state index contributed by atoms with van der Waals surface area (Å²) in [7, 11) is 0. The third-order valence-electron chi connectivity index (χ3n) is 4.03. The molecule has 0 fully saturated rings. The number of aryl methyl sites for hydroxylation is 1. The molecule has 0 aliphatic carbocycles. The summed E-state index contributed by atoms with van der Waals surface area (Å²) < 4.78 is 10.8. The van der Waals surface area contributed by atoms with Crippen LogP contribution in [0.15, 0.2) is 63.1 Å². The minimum Gasteiger partial charge on any atom is -0.478 e. The first-order valence-corrected chi connectivity index (χ1v) is 8.34. The van der Waals surface area contributed by atoms with E-state index in [1.165, 1.54) is 24.5 Å². The highest BCUT2D eigenvalue weighted by atomic mass is 16.4. The second kappa shape index (κ2) is 8.10. The molecule has 0 aliphatic rings. The van der Waals surface area contributed by atoms with Gasteiger partial charge in [0.15, 0.2) is 0 Å². The van der Waals surface area contributed by atoms with E-state index < -0.39 is 11.9 Å². The largest absolute Gasteiger partial charge is 0.478 e. The lowest BCUT2D eigenvalue weighted by Crippen LogP contribution is -2.23. The van der Waals surface area contributed by atoms with Crippen LogP contribution in [0, 0.1) is 18.3 Å². The van der Waals surface area contributed by atoms with Crippen LogP contribution in [0.4, 0.5) is 0 Å². The van der Waals surface area contributed by atoms with Gasteiger partial charge < -0.3 is 19.3 Å². The van der Waals surface area contributed by atoms with Gasteiger partial charge in [0, 0.05) is 11.6 Å². The fraction of sp³-hybridized carbons (Fsp3) is 0.0952. The van der Waals surface area contributed by atoms with Gasteiger partial charge in [-0.05, 0) is 48.9 Å². The van der Waals surface area contributed by atoms with Crippen molar-refractivity contribution in [1.29, 1.82) is 5.26 Å². The summed E-state index contributed by atoms with van der Waals surface area (Å²) in [5.74, 6) is -0.270. The van der Waals surface area contributed by atoms with Crippen LogP contribution in [0.25, 0.3) is 17.4 Å². The van der Waals surface area contributed by atoms with Crippen LogP contribution in [0.2, 0.25) is 0 Å². The maximum Gasteiger partial charge on any atom is 0.335 e. The Labute approximate surface area is 160 Å². The zero-order chi connectivity index (χ0) is 20.1. The number of carboxylic acid groups (broad SMARTS) is 1. The molecule has 1 amide bonds. The molecule has 1 aromatic carbocycles. The van der Waals surface area contributed by atoms with Gasteiger partial charge in [0.25, 0.3) is 5.91 Å². The average Bonchev–Trinajstić information content (AvgIpc) is 3.36. The van der Waals surface area contributed by atoms with Crippen molar-refractivity contribution >= 4 is 18.0 Å². The Balaban J connectivity index is 1.80. The predicted molar refractivity (Wildman–Crippen MR) is 100.0 cm³/mol. The van der Waals surface area contributed by atoms with E-state index >= 15 is 0 Å². The number of carbonyl (C=O) groups excluding carboxylic acids is 1. The molecule has 2 aromatic heterocycles. The third kappa shape index (κ3) is 4.19. The van der Waals surface area contributed by atoms with E-state index in [2.05, 4.69) is 5.32 Å². The zero-order valence-corrected chi connectivity index (χ0v) is 14.9. The first-order chi connectivity index (χ1) is 13.5. The number of nitriles is 1. The summed E-state index contributed by atoms with van der Waals surface area (Å²) in [5, 5.41) is 21.0. The van der Waals surface area contributed by atoms with Gasteiger partial charge in [-0.3, -0.25) is 4.79 Å². The lowest BCUT2D eigenvalue weighted by Gasteiger charge is -2.04. The highest BCUT2D eigenvalue weighted by Crippen LogP contribution is 2.27. The van der Waals surface area contributed by atoms with E-state index in [0.29, 0.717) is 22.8 Å². The number of carbonyl (C=O) groups is 2. The molecule has 2 heterocycles. The van der Waals surface area contributed by atoms with Crippen LogP contribution in [-0.2, 0) is 11.3 Å². The van der Waals surface area contributed by atoms with Crippen LogP contribution in [0.1, 0.15) is 27.4 Å². The van der Waals surface area contributed by atoms with Crippen LogP contribution in [0.5, 0.6) is 0 Å². The van der Waals surface area contributed by atoms with Crippen molar-refractivity contribution in [2.75, 3.05) is 0 Å². The number of carboxylic acids is 1. The Morgan fingerprint density at radius 1 is 1.25 bits per heavy atom. The highest BCUT2D eigenvalue weighted by Gasteiger charge is 2.13. The van der Waals surface area contributed by atoms with E-state index in [9.17, 15) is 14.9 Å². The molecular formula is C21H16N2O5. The molecule has 140 valence electrons. The van der Waals surface area contributed by atoms with Gasteiger partial charge in [-0.2, -0.15) is 5.26 Å². The maximum atomic E-state index is 12.2. The van der Waals surface area contributed by atoms with Crippen LogP contribution >= 0.6 is 0 Å². The molecule has 3 rings (SSSR count). The van der Waals surface area contributed by atoms with Crippen molar-refractivity contribution in [2.24, 2.45) is 0 Å². The van der Waals surface area contributed by atoms with E-state index in [1.807, 2.05) is 13.0 Å². The minimum atomic E-state index is -1.03. The molecule has 0 saturated carbocycles. The number of amides is 1. The van der Waals surface area contributed by atoms with Gasteiger partial charge in [0.1, 0.15) is 28.9 Å². The second-order valence-corrected chi connectivity index (χ2v) is 5.97. The summed E-state index contributed by atoms with van der Waals surface area (Å²) in [4.78, 5) is 23.4. The lowest BCUT2D eigenvalue weighted by molar-refractivity contribution is -0.117. The van der Waals surface area contributed by atoms with E-state index in [0.717, 1.165) is 5.56 Å². The van der Waals surface area contributed by atoms with Crippen LogP contribution < -0.4 is 5.32 Å². The number of nitrogens with one attached hydrogen (secondary N) is 1. The fourth-order valence-electron chi connectivity index (χ4n) is 2.56. The van der Waals surface area contributed by atoms with Gasteiger partial charge in [-0.1, -0.05) is 6.07 Å². The molecule has 0 atom stereocenters. The van der Waals surface area contributed by atoms with E-state index in [-0.39, 0.29) is 17.7 Å². The second-order valence-electron chi connectivity index (χ2n) is 5.97. The maximum absolute atomic E-state index is 12.2. The number of rotatable bonds is 6. The summed E-state index contributed by atoms with van der Waals surface area (Å²) in [5.41, 5.74) is 1.49. The number of aromatic carboxylic acids is 1. The van der Waals surface area contributed by atoms with Gasteiger partial charge in [0.05, 0.1) is 18.4 Å². The predicted octanol–water partition coefficient (Wildman–Crippen LogP) is 3.77. The summed E-state index contributed by atoms with van der Waals surface area (Å²) in [6, 6.07) is 13.3. The van der Waals surface area contributed by atoms with Gasteiger partial charge >= 0.3 is 5.97 Å². The number of hydrogen-bond acceptors (Lipinski definition) is 5. The minimum absolute atomic E-state index is 0.122. The molecule has 3 aromatic rings. The zero-order valence-electron chi connectivity index (χ0n) is 14.9. The Kier molecular flexibility index (Phi) is 5.42. The third-order valence-corrected chi connectivity index (χ3v) is 4.03. The van der Waals surface area contributed by atoms with Crippen molar-refractivity contribution in [1.82, 2.24) is 5.32 Å². The SMILES string of the molecule is Cc1ccc(C(=O)O)cc1-c1ccc(/C=C(\C#N)C(=O)NCc2ccco2)o1. The molecular weight excluding hydrogens is 360 g/mol. The standard InChI is InChI=1S/C21H16N2O5/c1-13-4-5-14(21(25)26)10-18(13)19-7-6-16(28-19)9-15(11-22)20(24)23-12-17-3-2-8-27-17/h2-10H,12H2,1H3,(H,23,24)(H,25,26)/b15-9+. The van der Waals surface area contributed by atoms with Gasteiger partial charge in [-0.25, -0.2) is 4.79 Å². The van der Waals surface area contributed by atoms with Crippen molar-refractivity contribution in [3.05, 3.63) is 76.9 Å². The monoisotopic (exact) mass is 376 g/mol. The van der Waals surface area contributed by atoms with Gasteiger partial charge in [0.2, 0.25) is 0 Å². The van der Waals surface area contributed by atoms with Crippen LogP contribution in [0.3, 0.4) is 0 Å². The molecule has 28 heavy (non-hydrogen) atoms. The molecule has 0 aliphatic heterocycles. The van der Waals surface area contributed by atoms with Gasteiger partial charge in [-0.15, -0.1) is 0 Å². The summed E-state index contributed by atoms with van der Waals surface area (Å²) in [6.45, 7) is 2.00. The summed E-state index contributed by atoms with van der Waals surface area (Å²) >= 11 is 0. The van der Waals surface area contributed by atoms with E-state index in [1.54, 1.807) is 30.3 Å². The van der Waals surface area contributed by atoms with Crippen molar-refractivity contribution in [3.63, 3.8) is 0 Å². The molecule has 7 nitrogen and oxygen atoms in total. The van der Waals surface area contributed by atoms with Crippen molar-refractivity contribution in [3.8, 4) is 17.4 Å². The number of hydrogen-bond donors (Lipinski definition) is 2. The number of benzene rings is 1. The average molecular weight is 376 g/mol. The Hall–Kier alpha value is -4.05. The molecule has 7 heteroatoms. The molecule has 0 bridgehead atoms. The number of furan rings is 2. The molecule has 0 radical (unpaired) electrons. The summed E-state index contributed by atoms with van der Waals surface area (Å²) in [6.07, 6.45) is 2.83. The molecule has 0 saturated heterocycles.